The lowest BCUT2D eigenvalue weighted by Crippen LogP contribution is -2.22. The van der Waals surface area contributed by atoms with Crippen LogP contribution in [0.1, 0.15) is 77.4 Å². The van der Waals surface area contributed by atoms with E-state index in [1.54, 1.807) is 0 Å². The van der Waals surface area contributed by atoms with Gasteiger partial charge in [0.05, 0.1) is 0 Å². The second kappa shape index (κ2) is 8.62. The summed E-state index contributed by atoms with van der Waals surface area (Å²) in [6.45, 7) is 6.34. The van der Waals surface area contributed by atoms with Gasteiger partial charge in [0.15, 0.2) is 0 Å². The molecule has 2 aliphatic heterocycles. The molecule has 4 N–H and O–H groups in total. The summed E-state index contributed by atoms with van der Waals surface area (Å²) in [6.07, 6.45) is 6.68. The van der Waals surface area contributed by atoms with Gasteiger partial charge in [-0.05, 0) is 111 Å². The molecule has 28 heavy (non-hydrogen) atoms. The fourth-order valence-corrected chi connectivity index (χ4v) is 5.47. The van der Waals surface area contributed by atoms with Crippen molar-refractivity contribution in [2.45, 2.75) is 57.3 Å². The molecule has 2 aliphatic rings. The Kier molecular flexibility index (Phi) is 5.98. The van der Waals surface area contributed by atoms with Gasteiger partial charge >= 0.3 is 0 Å². The summed E-state index contributed by atoms with van der Waals surface area (Å²) in [5.41, 5.74) is 10.7. The number of carbonyl (C=O) groups is 1. The SMILES string of the molecule is Cc1c(C2CCCNCC2)c(C(N)=O)c(C2CCCNCC2)c2ccccc12. The maximum absolute atomic E-state index is 12.9. The first kappa shape index (κ1) is 19.4. The smallest absolute Gasteiger partial charge is 0.249 e. The Morgan fingerprint density at radius 2 is 1.43 bits per heavy atom. The number of carbonyl (C=O) groups excluding carboxylic acids is 1. The number of fused-ring (bicyclic) bond motifs is 1. The Hall–Kier alpha value is -1.91. The van der Waals surface area contributed by atoms with E-state index in [1.807, 2.05) is 0 Å². The second-order valence-corrected chi connectivity index (χ2v) is 8.49. The molecule has 4 nitrogen and oxygen atoms in total. The number of primary amides is 1. The first-order valence-corrected chi connectivity index (χ1v) is 10.9. The van der Waals surface area contributed by atoms with Crippen molar-refractivity contribution in [3.05, 3.63) is 46.5 Å². The Balaban J connectivity index is 1.98. The van der Waals surface area contributed by atoms with Gasteiger partial charge in [0, 0.05) is 5.56 Å². The predicted molar refractivity (Wildman–Crippen MR) is 116 cm³/mol. The Morgan fingerprint density at radius 3 is 2.04 bits per heavy atom. The Labute approximate surface area is 168 Å². The van der Waals surface area contributed by atoms with Gasteiger partial charge in [-0.25, -0.2) is 0 Å². The average molecular weight is 380 g/mol. The van der Waals surface area contributed by atoms with Crippen LogP contribution >= 0.6 is 0 Å². The van der Waals surface area contributed by atoms with Gasteiger partial charge in [-0.3, -0.25) is 4.79 Å². The van der Waals surface area contributed by atoms with Crippen molar-refractivity contribution in [2.24, 2.45) is 5.73 Å². The molecule has 4 rings (SSSR count). The van der Waals surface area contributed by atoms with Crippen LogP contribution < -0.4 is 16.4 Å². The van der Waals surface area contributed by atoms with Gasteiger partial charge < -0.3 is 16.4 Å². The fourth-order valence-electron chi connectivity index (χ4n) is 5.47. The monoisotopic (exact) mass is 379 g/mol. The van der Waals surface area contributed by atoms with Crippen molar-refractivity contribution in [1.82, 2.24) is 10.6 Å². The van der Waals surface area contributed by atoms with Crippen LogP contribution in [0.15, 0.2) is 24.3 Å². The quantitative estimate of drug-likeness (QED) is 0.756. The largest absolute Gasteiger partial charge is 0.366 e. The van der Waals surface area contributed by atoms with E-state index in [9.17, 15) is 4.79 Å². The standard InChI is InChI=1S/C24H33N3O/c1-16-19-8-2-3-9-20(19)22(18-7-5-13-27-15-11-18)23(24(25)28)21(16)17-6-4-12-26-14-10-17/h2-3,8-9,17-18,26-27H,4-7,10-15H2,1H3,(H2,25,28). The van der Waals surface area contributed by atoms with E-state index in [2.05, 4.69) is 41.8 Å². The molecule has 150 valence electrons. The highest BCUT2D eigenvalue weighted by Crippen LogP contribution is 2.42. The van der Waals surface area contributed by atoms with Crippen molar-refractivity contribution in [3.63, 3.8) is 0 Å². The summed E-state index contributed by atoms with van der Waals surface area (Å²) in [5.74, 6) is 0.559. The lowest BCUT2D eigenvalue weighted by atomic mass is 9.76. The van der Waals surface area contributed by atoms with E-state index >= 15 is 0 Å². The Morgan fingerprint density at radius 1 is 0.857 bits per heavy atom. The molecule has 0 aliphatic carbocycles. The summed E-state index contributed by atoms with van der Waals surface area (Å²) in [5, 5.41) is 9.56. The first-order valence-electron chi connectivity index (χ1n) is 10.9. The van der Waals surface area contributed by atoms with E-state index in [4.69, 9.17) is 5.73 Å². The average Bonchev–Trinajstić information content (AvgIpc) is 3.13. The van der Waals surface area contributed by atoms with Gasteiger partial charge in [0.1, 0.15) is 0 Å². The van der Waals surface area contributed by atoms with Crippen molar-refractivity contribution in [2.75, 3.05) is 26.2 Å². The predicted octanol–water partition coefficient (Wildman–Crippen LogP) is 3.96. The maximum atomic E-state index is 12.9. The third-order valence-electron chi connectivity index (χ3n) is 6.78. The maximum Gasteiger partial charge on any atom is 0.249 e. The van der Waals surface area contributed by atoms with Crippen molar-refractivity contribution in [1.29, 1.82) is 0 Å². The molecule has 2 saturated heterocycles. The molecule has 2 unspecified atom stereocenters. The Bertz CT molecular complexity index is 845. The van der Waals surface area contributed by atoms with Crippen LogP contribution in [0, 0.1) is 6.92 Å². The number of benzene rings is 2. The normalized spacial score (nSPS) is 23.9. The molecule has 0 radical (unpaired) electrons. The summed E-state index contributed by atoms with van der Waals surface area (Å²) in [6, 6.07) is 8.64. The van der Waals surface area contributed by atoms with Gasteiger partial charge in [0.25, 0.3) is 0 Å². The van der Waals surface area contributed by atoms with Crippen molar-refractivity contribution < 1.29 is 4.79 Å². The van der Waals surface area contributed by atoms with E-state index in [-0.39, 0.29) is 5.91 Å². The molecule has 2 aromatic carbocycles. The zero-order valence-corrected chi connectivity index (χ0v) is 17.0. The molecule has 0 bridgehead atoms. The number of rotatable bonds is 3. The van der Waals surface area contributed by atoms with Gasteiger partial charge in [-0.15, -0.1) is 0 Å². The molecule has 2 fully saturated rings. The van der Waals surface area contributed by atoms with Crippen LogP contribution in [0.3, 0.4) is 0 Å². The minimum absolute atomic E-state index is 0.242. The van der Waals surface area contributed by atoms with Crippen LogP contribution in [-0.4, -0.2) is 32.1 Å². The first-order chi connectivity index (χ1) is 13.7. The molecule has 0 aromatic heterocycles. The minimum Gasteiger partial charge on any atom is -0.366 e. The zero-order chi connectivity index (χ0) is 19.5. The minimum atomic E-state index is -0.242. The highest BCUT2D eigenvalue weighted by molar-refractivity contribution is 6.04. The highest BCUT2D eigenvalue weighted by Gasteiger charge is 2.30. The topological polar surface area (TPSA) is 67.1 Å². The van der Waals surface area contributed by atoms with E-state index < -0.39 is 0 Å². The molecule has 1 amide bonds. The van der Waals surface area contributed by atoms with E-state index in [0.29, 0.717) is 11.8 Å². The lowest BCUT2D eigenvalue weighted by molar-refractivity contribution is 0.0997. The van der Waals surface area contributed by atoms with Gasteiger partial charge in [-0.1, -0.05) is 24.3 Å². The molecule has 0 saturated carbocycles. The second-order valence-electron chi connectivity index (χ2n) is 8.49. The highest BCUT2D eigenvalue weighted by atomic mass is 16.1. The third-order valence-corrected chi connectivity index (χ3v) is 6.78. The number of hydrogen-bond donors (Lipinski definition) is 3. The molecular weight excluding hydrogens is 346 g/mol. The van der Waals surface area contributed by atoms with Gasteiger partial charge in [-0.2, -0.15) is 0 Å². The molecule has 4 heteroatoms. The zero-order valence-electron chi connectivity index (χ0n) is 17.0. The van der Waals surface area contributed by atoms with Crippen LogP contribution in [0.2, 0.25) is 0 Å². The fraction of sp³-hybridized carbons (Fsp3) is 0.542. The molecule has 2 heterocycles. The number of hydrogen-bond acceptors (Lipinski definition) is 3. The number of amides is 1. The molecule has 0 spiro atoms. The molecular formula is C24H33N3O. The third kappa shape index (κ3) is 3.68. The summed E-state index contributed by atoms with van der Waals surface area (Å²) in [4.78, 5) is 12.9. The molecule has 2 atom stereocenters. The van der Waals surface area contributed by atoms with E-state index in [1.165, 1.54) is 27.5 Å². The van der Waals surface area contributed by atoms with Crippen LogP contribution in [0.5, 0.6) is 0 Å². The number of nitrogens with two attached hydrogens (primary N) is 1. The summed E-state index contributed by atoms with van der Waals surface area (Å²) < 4.78 is 0. The number of aryl methyl sites for hydroxylation is 1. The van der Waals surface area contributed by atoms with Crippen molar-refractivity contribution in [3.8, 4) is 0 Å². The number of nitrogens with one attached hydrogen (secondary N) is 2. The van der Waals surface area contributed by atoms with Crippen LogP contribution in [0.25, 0.3) is 10.8 Å². The van der Waals surface area contributed by atoms with Crippen LogP contribution in [-0.2, 0) is 0 Å². The summed E-state index contributed by atoms with van der Waals surface area (Å²) in [7, 11) is 0. The van der Waals surface area contributed by atoms with Crippen molar-refractivity contribution >= 4 is 16.7 Å². The lowest BCUT2D eigenvalue weighted by Gasteiger charge is -2.28. The van der Waals surface area contributed by atoms with Crippen LogP contribution in [0.4, 0.5) is 0 Å². The molecule has 2 aromatic rings. The van der Waals surface area contributed by atoms with E-state index in [0.717, 1.165) is 70.3 Å². The van der Waals surface area contributed by atoms with Gasteiger partial charge in [0.2, 0.25) is 5.91 Å². The summed E-state index contributed by atoms with van der Waals surface area (Å²) >= 11 is 0.